The fourth-order valence-electron chi connectivity index (χ4n) is 0.359. The molecule has 2 nitrogen and oxygen atoms in total. The van der Waals surface area contributed by atoms with E-state index in [9.17, 15) is 0 Å². The molecule has 0 amide bonds. The third-order valence-corrected chi connectivity index (χ3v) is 1.02. The third-order valence-electron chi connectivity index (χ3n) is 0.724. The van der Waals surface area contributed by atoms with E-state index in [1.54, 1.807) is 12.3 Å². The van der Waals surface area contributed by atoms with E-state index in [0.29, 0.717) is 10.8 Å². The van der Waals surface area contributed by atoms with Crippen molar-refractivity contribution in [2.45, 2.75) is 0 Å². The summed E-state index contributed by atoms with van der Waals surface area (Å²) in [6.07, 6.45) is 1.54. The first-order valence-corrected chi connectivity index (χ1v) is 2.46. The van der Waals surface area contributed by atoms with Crippen LogP contribution in [0.5, 0.6) is 0 Å². The van der Waals surface area contributed by atoms with Gasteiger partial charge in [0.05, 0.1) is 5.69 Å². The Morgan fingerprint density at radius 1 is 1.75 bits per heavy atom. The summed E-state index contributed by atoms with van der Waals surface area (Å²) in [6, 6.07) is 4.30. The van der Waals surface area contributed by atoms with E-state index in [1.807, 2.05) is 0 Å². The molecule has 1 rings (SSSR count). The Morgan fingerprint density at radius 3 is 2.88 bits per heavy atom. The predicted molar refractivity (Wildman–Crippen MR) is 32.5 cm³/mol. The summed E-state index contributed by atoms with van der Waals surface area (Å²) >= 11 is 5.44. The largest absolute Gasteiger partial charge is 0.396 e. The number of aromatic nitrogens is 1. The van der Waals surface area contributed by atoms with Crippen LogP contribution in [-0.2, 0) is 0 Å². The van der Waals surface area contributed by atoms with Gasteiger partial charge in [-0.3, -0.25) is 0 Å². The minimum absolute atomic E-state index is 0.313. The summed E-state index contributed by atoms with van der Waals surface area (Å²) in [5.74, 6) is 0. The number of hydrogen-bond acceptors (Lipinski definition) is 2. The second kappa shape index (κ2) is 2.01. The van der Waals surface area contributed by atoms with Crippen LogP contribution in [0, 0.1) is 6.07 Å². The molecule has 41 valence electrons. The highest BCUT2D eigenvalue weighted by atomic mass is 35.5. The molecule has 0 atom stereocenters. The van der Waals surface area contributed by atoms with Crippen LogP contribution in [0.2, 0.25) is 5.15 Å². The number of pyridine rings is 1. The minimum atomic E-state index is 0.313. The Morgan fingerprint density at radius 2 is 2.50 bits per heavy atom. The molecular weight excluding hydrogens is 124 g/mol. The van der Waals surface area contributed by atoms with Crippen LogP contribution in [0.25, 0.3) is 0 Å². The maximum atomic E-state index is 5.44. The normalized spacial score (nSPS) is 9.12. The molecule has 1 aromatic heterocycles. The molecule has 0 bridgehead atoms. The second-order valence-corrected chi connectivity index (χ2v) is 1.65. The summed E-state index contributed by atoms with van der Waals surface area (Å²) in [5, 5.41) is 0.313. The summed E-state index contributed by atoms with van der Waals surface area (Å²) in [4.78, 5) is 3.69. The molecule has 0 spiro atoms. The molecule has 3 heteroatoms. The summed E-state index contributed by atoms with van der Waals surface area (Å²) in [7, 11) is 0. The maximum Gasteiger partial charge on any atom is 0.152 e. The van der Waals surface area contributed by atoms with Crippen molar-refractivity contribution in [1.29, 1.82) is 0 Å². The van der Waals surface area contributed by atoms with Crippen LogP contribution >= 0.6 is 11.6 Å². The Labute approximate surface area is 52.3 Å². The molecule has 0 aliphatic carbocycles. The van der Waals surface area contributed by atoms with Gasteiger partial charge in [-0.1, -0.05) is 11.6 Å². The number of rotatable bonds is 0. The van der Waals surface area contributed by atoms with Gasteiger partial charge in [0.15, 0.2) is 5.15 Å². The van der Waals surface area contributed by atoms with Crippen molar-refractivity contribution in [2.24, 2.45) is 0 Å². The van der Waals surface area contributed by atoms with Crippen LogP contribution in [0.4, 0.5) is 5.69 Å². The average Bonchev–Trinajstić information content (AvgIpc) is 1.77. The summed E-state index contributed by atoms with van der Waals surface area (Å²) in [5.41, 5.74) is 5.67. The lowest BCUT2D eigenvalue weighted by Crippen LogP contribution is -1.86. The lowest BCUT2D eigenvalue weighted by molar-refractivity contribution is 1.33. The highest BCUT2D eigenvalue weighted by Gasteiger charge is 1.89. The topological polar surface area (TPSA) is 38.9 Å². The van der Waals surface area contributed by atoms with E-state index in [1.165, 1.54) is 0 Å². The van der Waals surface area contributed by atoms with Gasteiger partial charge in [-0.05, 0) is 6.07 Å². The molecule has 0 fully saturated rings. The van der Waals surface area contributed by atoms with Crippen LogP contribution in [-0.4, -0.2) is 4.98 Å². The molecule has 2 N–H and O–H groups in total. The van der Waals surface area contributed by atoms with Crippen LogP contribution < -0.4 is 5.73 Å². The van der Waals surface area contributed by atoms with Gasteiger partial charge in [-0.25, -0.2) is 4.98 Å². The standard InChI is InChI=1S/C5H4ClN2/c6-5-4(7)2-1-3-8-5/h1,3H,7H2. The third kappa shape index (κ3) is 0.898. The Balaban J connectivity index is 3.13. The SMILES string of the molecule is Nc1[c]ccnc1Cl. The number of nitrogens with zero attached hydrogens (tertiary/aromatic N) is 1. The average molecular weight is 128 g/mol. The van der Waals surface area contributed by atoms with Crippen molar-refractivity contribution < 1.29 is 0 Å². The number of hydrogen-bond donors (Lipinski definition) is 1. The lowest BCUT2D eigenvalue weighted by Gasteiger charge is -1.89. The first kappa shape index (κ1) is 5.38. The molecule has 0 unspecified atom stereocenters. The van der Waals surface area contributed by atoms with Gasteiger partial charge in [0.2, 0.25) is 0 Å². The number of anilines is 1. The minimum Gasteiger partial charge on any atom is -0.396 e. The van der Waals surface area contributed by atoms with Crippen molar-refractivity contribution >= 4 is 17.3 Å². The first-order valence-electron chi connectivity index (χ1n) is 2.08. The molecule has 0 saturated carbocycles. The van der Waals surface area contributed by atoms with Crippen molar-refractivity contribution in [1.82, 2.24) is 4.98 Å². The zero-order chi connectivity index (χ0) is 5.98. The number of nitrogen functional groups attached to an aromatic ring is 1. The highest BCUT2D eigenvalue weighted by molar-refractivity contribution is 6.31. The summed E-state index contributed by atoms with van der Waals surface area (Å²) < 4.78 is 0. The van der Waals surface area contributed by atoms with Crippen molar-refractivity contribution in [3.8, 4) is 0 Å². The zero-order valence-corrected chi connectivity index (χ0v) is 4.81. The number of halogens is 1. The zero-order valence-electron chi connectivity index (χ0n) is 4.06. The molecule has 0 aliphatic heterocycles. The molecule has 1 heterocycles. The Hall–Kier alpha value is -0.760. The van der Waals surface area contributed by atoms with Crippen LogP contribution in [0.15, 0.2) is 12.3 Å². The van der Waals surface area contributed by atoms with E-state index in [4.69, 9.17) is 17.3 Å². The van der Waals surface area contributed by atoms with E-state index in [0.717, 1.165) is 0 Å². The van der Waals surface area contributed by atoms with Crippen LogP contribution in [0.1, 0.15) is 0 Å². The molecular formula is C5H4ClN2. The van der Waals surface area contributed by atoms with E-state index >= 15 is 0 Å². The van der Waals surface area contributed by atoms with Crippen molar-refractivity contribution in [2.75, 3.05) is 5.73 Å². The van der Waals surface area contributed by atoms with Crippen molar-refractivity contribution in [3.05, 3.63) is 23.5 Å². The van der Waals surface area contributed by atoms with E-state index < -0.39 is 0 Å². The number of nitrogens with two attached hydrogens (primary N) is 1. The summed E-state index contributed by atoms with van der Waals surface area (Å²) in [6.45, 7) is 0. The quantitative estimate of drug-likeness (QED) is 0.531. The van der Waals surface area contributed by atoms with Gasteiger partial charge in [0.1, 0.15) is 0 Å². The van der Waals surface area contributed by atoms with Gasteiger partial charge in [0.25, 0.3) is 0 Å². The molecule has 0 aliphatic rings. The van der Waals surface area contributed by atoms with Gasteiger partial charge in [0, 0.05) is 12.3 Å². The lowest BCUT2D eigenvalue weighted by atomic mass is 10.4. The predicted octanol–water partition coefficient (Wildman–Crippen LogP) is 1.12. The van der Waals surface area contributed by atoms with Gasteiger partial charge in [-0.15, -0.1) is 0 Å². The molecule has 1 radical (unpaired) electrons. The maximum absolute atomic E-state index is 5.44. The Kier molecular flexibility index (Phi) is 1.35. The second-order valence-electron chi connectivity index (χ2n) is 1.29. The monoisotopic (exact) mass is 127 g/mol. The van der Waals surface area contributed by atoms with Crippen LogP contribution in [0.3, 0.4) is 0 Å². The first-order chi connectivity index (χ1) is 3.80. The molecule has 8 heavy (non-hydrogen) atoms. The fraction of sp³-hybridized carbons (Fsp3) is 0. The van der Waals surface area contributed by atoms with E-state index in [2.05, 4.69) is 11.1 Å². The van der Waals surface area contributed by atoms with Gasteiger partial charge < -0.3 is 5.73 Å². The highest BCUT2D eigenvalue weighted by Crippen LogP contribution is 2.10. The Bertz CT molecular complexity index is 167. The smallest absolute Gasteiger partial charge is 0.152 e. The van der Waals surface area contributed by atoms with Gasteiger partial charge in [-0.2, -0.15) is 0 Å². The molecule has 0 saturated heterocycles. The molecule has 1 aromatic rings. The van der Waals surface area contributed by atoms with Gasteiger partial charge >= 0.3 is 0 Å². The molecule has 0 aromatic carbocycles. The van der Waals surface area contributed by atoms with E-state index in [-0.39, 0.29) is 0 Å². The van der Waals surface area contributed by atoms with Crippen molar-refractivity contribution in [3.63, 3.8) is 0 Å². The fourth-order valence-corrected chi connectivity index (χ4v) is 0.470.